The minimum absolute atomic E-state index is 0.853. The number of rotatable bonds is 3. The topological polar surface area (TPSA) is 14.2 Å². The molecule has 1 aromatic heterocycles. The van der Waals surface area contributed by atoms with E-state index in [-0.39, 0.29) is 0 Å². The number of benzene rings is 9. The van der Waals surface area contributed by atoms with Gasteiger partial charge in [0.25, 0.3) is 0 Å². The monoisotopic (exact) mass is 661 g/mol. The van der Waals surface area contributed by atoms with Gasteiger partial charge in [-0.05, 0) is 85.4 Å². The minimum Gasteiger partial charge on any atom is -0.456 e. The highest BCUT2D eigenvalue weighted by molar-refractivity contribution is 6.25. The lowest BCUT2D eigenvalue weighted by molar-refractivity contribution is 0.487. The molecule has 242 valence electrons. The minimum atomic E-state index is 0.853. The Bertz CT molecular complexity index is 2990. The second-order valence-electron chi connectivity index (χ2n) is 13.6. The number of fused-ring (bicyclic) bond motifs is 13. The first kappa shape index (κ1) is 28.9. The van der Waals surface area contributed by atoms with Crippen LogP contribution < -0.4 is 4.74 Å². The Balaban J connectivity index is 1.16. The fraction of sp³-hybridized carbons (Fsp3) is 0. The van der Waals surface area contributed by atoms with E-state index >= 15 is 0 Å². The van der Waals surface area contributed by atoms with Gasteiger partial charge in [0.2, 0.25) is 0 Å². The molecule has 0 atom stereocenters. The van der Waals surface area contributed by atoms with Crippen LogP contribution in [0.3, 0.4) is 0 Å². The first-order chi connectivity index (χ1) is 25.8. The fourth-order valence-electron chi connectivity index (χ4n) is 8.50. The molecule has 11 rings (SSSR count). The largest absolute Gasteiger partial charge is 0.456 e. The summed E-state index contributed by atoms with van der Waals surface area (Å²) in [7, 11) is 0. The molecule has 1 aliphatic rings. The molecule has 52 heavy (non-hydrogen) atoms. The van der Waals surface area contributed by atoms with Crippen molar-refractivity contribution < 1.29 is 4.74 Å². The van der Waals surface area contributed by atoms with Crippen molar-refractivity contribution in [1.29, 1.82) is 0 Å². The van der Waals surface area contributed by atoms with Gasteiger partial charge in [-0.25, -0.2) is 0 Å². The predicted molar refractivity (Wildman–Crippen MR) is 218 cm³/mol. The molecule has 0 spiro atoms. The average Bonchev–Trinajstić information content (AvgIpc) is 3.49. The third-order valence-corrected chi connectivity index (χ3v) is 10.8. The van der Waals surface area contributed by atoms with Crippen molar-refractivity contribution in [2.45, 2.75) is 0 Å². The summed E-state index contributed by atoms with van der Waals surface area (Å²) in [6.07, 6.45) is 0. The van der Waals surface area contributed by atoms with E-state index in [2.05, 4.69) is 193 Å². The van der Waals surface area contributed by atoms with Crippen LogP contribution >= 0.6 is 0 Å². The van der Waals surface area contributed by atoms with Crippen LogP contribution in [-0.2, 0) is 0 Å². The highest BCUT2D eigenvalue weighted by atomic mass is 16.5. The Morgan fingerprint density at radius 2 is 0.846 bits per heavy atom. The van der Waals surface area contributed by atoms with Gasteiger partial charge < -0.3 is 9.30 Å². The maximum atomic E-state index is 6.65. The van der Waals surface area contributed by atoms with E-state index in [0.29, 0.717) is 0 Å². The van der Waals surface area contributed by atoms with E-state index < -0.39 is 0 Å². The number of hydrogen-bond acceptors (Lipinski definition) is 1. The first-order valence-electron chi connectivity index (χ1n) is 17.9. The van der Waals surface area contributed by atoms with E-state index in [1.165, 1.54) is 71.0 Å². The number of ether oxygens (including phenoxy) is 1. The maximum Gasteiger partial charge on any atom is 0.136 e. The van der Waals surface area contributed by atoms with Crippen molar-refractivity contribution in [3.8, 4) is 61.8 Å². The second kappa shape index (κ2) is 11.3. The summed E-state index contributed by atoms with van der Waals surface area (Å²) in [6.45, 7) is 0. The second-order valence-corrected chi connectivity index (χ2v) is 13.6. The third kappa shape index (κ3) is 4.25. The highest BCUT2D eigenvalue weighted by Crippen LogP contribution is 2.53. The summed E-state index contributed by atoms with van der Waals surface area (Å²) < 4.78 is 9.11. The van der Waals surface area contributed by atoms with E-state index in [1.807, 2.05) is 0 Å². The Kier molecular flexibility index (Phi) is 6.28. The first-order valence-corrected chi connectivity index (χ1v) is 17.9. The lowest BCUT2D eigenvalue weighted by Gasteiger charge is -2.16. The molecule has 0 N–H and O–H groups in total. The fourth-order valence-corrected chi connectivity index (χ4v) is 8.50. The van der Waals surface area contributed by atoms with Crippen molar-refractivity contribution in [3.63, 3.8) is 0 Å². The van der Waals surface area contributed by atoms with E-state index in [0.717, 1.165) is 34.0 Å². The summed E-state index contributed by atoms with van der Waals surface area (Å²) in [5.41, 5.74) is 11.5. The van der Waals surface area contributed by atoms with Gasteiger partial charge in [0, 0.05) is 33.3 Å². The SMILES string of the molecule is c1ccc(-c2cccc3c4c(n(-c5ccc(-c6ccc7c8ccccc8c8ccccc8c7c6)cc5)c23)-c2ccccc2Oc2ccccc2-4)cc1. The molecule has 2 heterocycles. The Hall–Kier alpha value is -6.90. The molecule has 2 nitrogen and oxygen atoms in total. The van der Waals surface area contributed by atoms with Crippen molar-refractivity contribution >= 4 is 43.2 Å². The van der Waals surface area contributed by atoms with Crippen LogP contribution in [0.25, 0.3) is 93.5 Å². The number of aromatic nitrogens is 1. The number of para-hydroxylation sites is 3. The third-order valence-electron chi connectivity index (χ3n) is 10.8. The Morgan fingerprint density at radius 1 is 0.327 bits per heavy atom. The van der Waals surface area contributed by atoms with E-state index in [9.17, 15) is 0 Å². The van der Waals surface area contributed by atoms with Gasteiger partial charge in [-0.2, -0.15) is 0 Å². The molecule has 0 fully saturated rings. The summed E-state index contributed by atoms with van der Waals surface area (Å²) in [4.78, 5) is 0. The van der Waals surface area contributed by atoms with Gasteiger partial charge in [0.05, 0.1) is 11.2 Å². The molecule has 0 saturated carbocycles. The quantitative estimate of drug-likeness (QED) is 0.172. The summed E-state index contributed by atoms with van der Waals surface area (Å²) in [6, 6.07) is 67.9. The molecule has 1 aliphatic heterocycles. The Labute approximate surface area is 301 Å². The van der Waals surface area contributed by atoms with Crippen molar-refractivity contribution in [1.82, 2.24) is 4.57 Å². The predicted octanol–water partition coefficient (Wildman–Crippen LogP) is 13.9. The molecule has 9 aromatic carbocycles. The van der Waals surface area contributed by atoms with Crippen LogP contribution in [0.1, 0.15) is 0 Å². The van der Waals surface area contributed by atoms with Gasteiger partial charge in [-0.1, -0.05) is 152 Å². The lowest BCUT2D eigenvalue weighted by Crippen LogP contribution is -1.99. The standard InChI is InChI=1S/C50H31NO/c1-2-13-33(14-3-1)36-21-12-22-44-48-42-19-8-10-23-46(42)52-47-24-11-9-20-43(47)50(48)51(49(36)44)35-28-25-32(26-29-35)34-27-30-41-39-17-5-4-15-37(39)38-16-6-7-18-40(38)45(41)31-34/h1-31H. The Morgan fingerprint density at radius 3 is 1.56 bits per heavy atom. The summed E-state index contributed by atoms with van der Waals surface area (Å²) in [5.74, 6) is 1.72. The zero-order chi connectivity index (χ0) is 34.2. The number of nitrogens with zero attached hydrogens (tertiary/aromatic N) is 1. The van der Waals surface area contributed by atoms with Crippen LogP contribution in [0.5, 0.6) is 11.5 Å². The zero-order valence-corrected chi connectivity index (χ0v) is 28.3. The van der Waals surface area contributed by atoms with Gasteiger partial charge in [0.1, 0.15) is 11.5 Å². The maximum absolute atomic E-state index is 6.65. The van der Waals surface area contributed by atoms with Crippen LogP contribution in [0.4, 0.5) is 0 Å². The molecule has 0 amide bonds. The molecular formula is C50H31NO. The van der Waals surface area contributed by atoms with Crippen LogP contribution in [0.2, 0.25) is 0 Å². The lowest BCUT2D eigenvalue weighted by atomic mass is 9.92. The smallest absolute Gasteiger partial charge is 0.136 e. The highest BCUT2D eigenvalue weighted by Gasteiger charge is 2.29. The molecule has 10 aromatic rings. The number of hydrogen-bond donors (Lipinski definition) is 0. The van der Waals surface area contributed by atoms with Crippen molar-refractivity contribution in [2.24, 2.45) is 0 Å². The molecule has 0 unspecified atom stereocenters. The van der Waals surface area contributed by atoms with Crippen LogP contribution in [0, 0.1) is 0 Å². The molecule has 0 aliphatic carbocycles. The molecule has 0 radical (unpaired) electrons. The summed E-state index contributed by atoms with van der Waals surface area (Å²) >= 11 is 0. The molecule has 0 bridgehead atoms. The van der Waals surface area contributed by atoms with Gasteiger partial charge in [-0.15, -0.1) is 0 Å². The molecular weight excluding hydrogens is 631 g/mol. The van der Waals surface area contributed by atoms with Crippen LogP contribution in [-0.4, -0.2) is 4.57 Å². The average molecular weight is 662 g/mol. The molecule has 2 heteroatoms. The van der Waals surface area contributed by atoms with Gasteiger partial charge in [-0.3, -0.25) is 0 Å². The van der Waals surface area contributed by atoms with E-state index in [1.54, 1.807) is 0 Å². The van der Waals surface area contributed by atoms with Gasteiger partial charge >= 0.3 is 0 Å². The summed E-state index contributed by atoms with van der Waals surface area (Å²) in [5, 5.41) is 8.92. The molecule has 0 saturated heterocycles. The van der Waals surface area contributed by atoms with Crippen molar-refractivity contribution in [3.05, 3.63) is 188 Å². The van der Waals surface area contributed by atoms with E-state index in [4.69, 9.17) is 4.74 Å². The van der Waals surface area contributed by atoms with Gasteiger partial charge in [0.15, 0.2) is 0 Å². The normalized spacial score (nSPS) is 12.0. The zero-order valence-electron chi connectivity index (χ0n) is 28.3. The van der Waals surface area contributed by atoms with Crippen LogP contribution in [0.15, 0.2) is 188 Å². The van der Waals surface area contributed by atoms with Crippen molar-refractivity contribution in [2.75, 3.05) is 0 Å².